The summed E-state index contributed by atoms with van der Waals surface area (Å²) in [6, 6.07) is 22.2. The first-order valence-electron chi connectivity index (χ1n) is 8.90. The molecule has 0 atom stereocenters. The summed E-state index contributed by atoms with van der Waals surface area (Å²) >= 11 is 13.6. The summed E-state index contributed by atoms with van der Waals surface area (Å²) in [4.78, 5) is 0. The van der Waals surface area contributed by atoms with Crippen LogP contribution >= 0.6 is 35.0 Å². The topological polar surface area (TPSA) is 30.7 Å². The van der Waals surface area contributed by atoms with Gasteiger partial charge in [0, 0.05) is 26.9 Å². The maximum atomic E-state index is 14.2. The Labute approximate surface area is 182 Å². The lowest BCUT2D eigenvalue weighted by Crippen LogP contribution is -2.04. The predicted molar refractivity (Wildman–Crippen MR) is 117 cm³/mol. The summed E-state index contributed by atoms with van der Waals surface area (Å²) < 4.78 is 16.2. The van der Waals surface area contributed by atoms with E-state index >= 15 is 0 Å². The van der Waals surface area contributed by atoms with Crippen molar-refractivity contribution in [3.8, 4) is 11.4 Å². The molecule has 3 nitrogen and oxygen atoms in total. The third kappa shape index (κ3) is 4.64. The second kappa shape index (κ2) is 8.99. The van der Waals surface area contributed by atoms with Gasteiger partial charge in [0.2, 0.25) is 0 Å². The molecule has 0 radical (unpaired) electrons. The highest BCUT2D eigenvalue weighted by Crippen LogP contribution is 2.31. The fraction of sp³-hybridized carbons (Fsp3) is 0.0909. The van der Waals surface area contributed by atoms with Gasteiger partial charge in [0.25, 0.3) is 0 Å². The van der Waals surface area contributed by atoms with Crippen LogP contribution in [0.1, 0.15) is 11.1 Å². The smallest absolute Gasteiger partial charge is 0.192 e. The quantitative estimate of drug-likeness (QED) is 0.309. The molecule has 0 unspecified atom stereocenters. The zero-order chi connectivity index (χ0) is 20.2. The van der Waals surface area contributed by atoms with Crippen LogP contribution < -0.4 is 0 Å². The number of nitrogens with zero attached hydrogens (tertiary/aromatic N) is 3. The van der Waals surface area contributed by atoms with Crippen molar-refractivity contribution in [2.24, 2.45) is 0 Å². The molecule has 0 saturated carbocycles. The summed E-state index contributed by atoms with van der Waals surface area (Å²) in [5.74, 6) is 0.767. The fourth-order valence-electron chi connectivity index (χ4n) is 2.92. The Bertz CT molecular complexity index is 1090. The van der Waals surface area contributed by atoms with E-state index in [4.69, 9.17) is 23.2 Å². The number of halogens is 3. The molecule has 0 bridgehead atoms. The van der Waals surface area contributed by atoms with Crippen molar-refractivity contribution in [3.05, 3.63) is 99.8 Å². The standard InChI is InChI=1S/C22H16Cl2FN3S/c23-17-11-9-16(10-12-17)21-26-27-22(28(21)13-15-5-2-1-3-6-15)29-14-18-19(24)7-4-8-20(18)25/h1-12H,13-14H2. The highest BCUT2D eigenvalue weighted by Gasteiger charge is 2.16. The van der Waals surface area contributed by atoms with Crippen LogP contribution in [0.2, 0.25) is 10.0 Å². The minimum atomic E-state index is -0.322. The molecule has 7 heteroatoms. The van der Waals surface area contributed by atoms with Gasteiger partial charge >= 0.3 is 0 Å². The van der Waals surface area contributed by atoms with E-state index < -0.39 is 0 Å². The minimum absolute atomic E-state index is 0.322. The first-order valence-corrected chi connectivity index (χ1v) is 10.6. The number of thioether (sulfide) groups is 1. The van der Waals surface area contributed by atoms with Gasteiger partial charge in [-0.1, -0.05) is 71.4 Å². The summed E-state index contributed by atoms with van der Waals surface area (Å²) in [5.41, 5.74) is 2.49. The van der Waals surface area contributed by atoms with Crippen LogP contribution in [0, 0.1) is 5.82 Å². The number of aromatic nitrogens is 3. The van der Waals surface area contributed by atoms with Gasteiger partial charge in [0.1, 0.15) is 5.82 Å². The molecule has 1 aromatic heterocycles. The first-order chi connectivity index (χ1) is 14.1. The number of hydrogen-bond donors (Lipinski definition) is 0. The molecule has 3 aromatic carbocycles. The van der Waals surface area contributed by atoms with Crippen molar-refractivity contribution >= 4 is 35.0 Å². The normalized spacial score (nSPS) is 11.0. The molecule has 29 heavy (non-hydrogen) atoms. The van der Waals surface area contributed by atoms with E-state index in [1.54, 1.807) is 12.1 Å². The van der Waals surface area contributed by atoms with Crippen LogP contribution in [0.15, 0.2) is 78.0 Å². The molecule has 4 rings (SSSR count). The molecule has 0 aliphatic rings. The van der Waals surface area contributed by atoms with Crippen LogP contribution in [0.3, 0.4) is 0 Å². The number of hydrogen-bond acceptors (Lipinski definition) is 3. The van der Waals surface area contributed by atoms with Crippen molar-refractivity contribution in [2.75, 3.05) is 0 Å². The van der Waals surface area contributed by atoms with Crippen molar-refractivity contribution in [1.82, 2.24) is 14.8 Å². The van der Waals surface area contributed by atoms with Crippen LogP contribution in [0.25, 0.3) is 11.4 Å². The van der Waals surface area contributed by atoms with Gasteiger partial charge in [-0.15, -0.1) is 10.2 Å². The predicted octanol–water partition coefficient (Wildman–Crippen LogP) is 6.73. The molecular formula is C22H16Cl2FN3S. The molecule has 0 aliphatic heterocycles. The minimum Gasteiger partial charge on any atom is -0.298 e. The maximum Gasteiger partial charge on any atom is 0.192 e. The second-order valence-corrected chi connectivity index (χ2v) is 8.16. The van der Waals surface area contributed by atoms with Gasteiger partial charge in [-0.25, -0.2) is 4.39 Å². The Morgan fingerprint density at radius 2 is 1.62 bits per heavy atom. The Balaban J connectivity index is 1.68. The third-order valence-electron chi connectivity index (χ3n) is 4.41. The average molecular weight is 444 g/mol. The van der Waals surface area contributed by atoms with Gasteiger partial charge in [0.05, 0.1) is 6.54 Å². The van der Waals surface area contributed by atoms with E-state index in [0.717, 1.165) is 17.0 Å². The molecule has 146 valence electrons. The van der Waals surface area contributed by atoms with Crippen LogP contribution in [0.4, 0.5) is 4.39 Å². The molecule has 0 spiro atoms. The van der Waals surface area contributed by atoms with Gasteiger partial charge in [-0.2, -0.15) is 0 Å². The van der Waals surface area contributed by atoms with Gasteiger partial charge in [0.15, 0.2) is 11.0 Å². The van der Waals surface area contributed by atoms with E-state index in [9.17, 15) is 4.39 Å². The lowest BCUT2D eigenvalue weighted by atomic mass is 10.2. The van der Waals surface area contributed by atoms with Crippen molar-refractivity contribution < 1.29 is 4.39 Å². The molecule has 1 heterocycles. The molecule has 4 aromatic rings. The van der Waals surface area contributed by atoms with Crippen molar-refractivity contribution in [2.45, 2.75) is 17.5 Å². The zero-order valence-corrected chi connectivity index (χ0v) is 17.6. The third-order valence-corrected chi connectivity index (χ3v) is 6.01. The van der Waals surface area contributed by atoms with Crippen molar-refractivity contribution in [1.29, 1.82) is 0 Å². The van der Waals surface area contributed by atoms with Gasteiger partial charge in [-0.3, -0.25) is 4.57 Å². The van der Waals surface area contributed by atoms with Crippen molar-refractivity contribution in [3.63, 3.8) is 0 Å². The SMILES string of the molecule is Fc1cccc(Cl)c1CSc1nnc(-c2ccc(Cl)cc2)n1Cc1ccccc1. The summed E-state index contributed by atoms with van der Waals surface area (Å²) in [6.45, 7) is 0.596. The second-order valence-electron chi connectivity index (χ2n) is 6.37. The summed E-state index contributed by atoms with van der Waals surface area (Å²) in [6.07, 6.45) is 0. The summed E-state index contributed by atoms with van der Waals surface area (Å²) in [7, 11) is 0. The number of benzene rings is 3. The van der Waals surface area contributed by atoms with Crippen LogP contribution in [0.5, 0.6) is 0 Å². The maximum absolute atomic E-state index is 14.2. The molecule has 0 amide bonds. The highest BCUT2D eigenvalue weighted by atomic mass is 35.5. The van der Waals surface area contributed by atoms with Crippen LogP contribution in [-0.4, -0.2) is 14.8 Å². The fourth-order valence-corrected chi connectivity index (χ4v) is 4.33. The first kappa shape index (κ1) is 20.0. The van der Waals surface area contributed by atoms with E-state index in [-0.39, 0.29) is 5.82 Å². The van der Waals surface area contributed by atoms with E-state index in [2.05, 4.69) is 10.2 Å². The monoisotopic (exact) mass is 443 g/mol. The molecule has 0 aliphatic carbocycles. The van der Waals surface area contributed by atoms with Crippen LogP contribution in [-0.2, 0) is 12.3 Å². The van der Waals surface area contributed by atoms with Gasteiger partial charge < -0.3 is 0 Å². The van der Waals surface area contributed by atoms with E-state index in [0.29, 0.717) is 33.1 Å². The Kier molecular flexibility index (Phi) is 6.19. The van der Waals surface area contributed by atoms with E-state index in [1.807, 2.05) is 59.2 Å². The summed E-state index contributed by atoms with van der Waals surface area (Å²) in [5, 5.41) is 10.5. The molecule has 0 fully saturated rings. The Hall–Kier alpha value is -2.34. The zero-order valence-electron chi connectivity index (χ0n) is 15.2. The molecule has 0 N–H and O–H groups in total. The Morgan fingerprint density at radius 1 is 0.862 bits per heavy atom. The van der Waals surface area contributed by atoms with Gasteiger partial charge in [-0.05, 0) is 42.0 Å². The largest absolute Gasteiger partial charge is 0.298 e. The highest BCUT2D eigenvalue weighted by molar-refractivity contribution is 7.98. The molecular weight excluding hydrogens is 428 g/mol. The molecule has 0 saturated heterocycles. The Morgan fingerprint density at radius 3 is 2.34 bits per heavy atom. The lowest BCUT2D eigenvalue weighted by molar-refractivity contribution is 0.617. The number of rotatable bonds is 6. The lowest BCUT2D eigenvalue weighted by Gasteiger charge is -2.11. The average Bonchev–Trinajstić information content (AvgIpc) is 3.11. The van der Waals surface area contributed by atoms with E-state index in [1.165, 1.54) is 17.8 Å².